The van der Waals surface area contributed by atoms with Gasteiger partial charge in [0, 0.05) is 17.2 Å². The molecule has 3 aromatic rings. The van der Waals surface area contributed by atoms with Crippen molar-refractivity contribution in [3.63, 3.8) is 0 Å². The van der Waals surface area contributed by atoms with Crippen LogP contribution in [0.4, 0.5) is 4.39 Å². The highest BCUT2D eigenvalue weighted by Gasteiger charge is 2.51. The van der Waals surface area contributed by atoms with Gasteiger partial charge < -0.3 is 9.84 Å². The predicted molar refractivity (Wildman–Crippen MR) is 103 cm³/mol. The Morgan fingerprint density at radius 1 is 1.18 bits per heavy atom. The standard InChI is InChI=1S/C22H22FN3O2/c1-13(2)24-19(27)15-5-7-16(8-6-15)20-25-21(26-28-20)22(10-11-22)18-12-17(23)9-4-14(18)3/h4-9,12-13H,10-11H2,1-3H3,(H,24,27). The summed E-state index contributed by atoms with van der Waals surface area (Å²) in [6, 6.07) is 12.0. The molecule has 6 heteroatoms. The normalized spacial score (nSPS) is 14.9. The minimum atomic E-state index is -0.370. The van der Waals surface area contributed by atoms with Gasteiger partial charge in [0.25, 0.3) is 11.8 Å². The molecule has 1 N–H and O–H groups in total. The highest BCUT2D eigenvalue weighted by Crippen LogP contribution is 2.53. The minimum Gasteiger partial charge on any atom is -0.350 e. The molecule has 0 unspecified atom stereocenters. The first-order chi connectivity index (χ1) is 13.4. The van der Waals surface area contributed by atoms with Gasteiger partial charge in [-0.1, -0.05) is 11.2 Å². The van der Waals surface area contributed by atoms with Crippen LogP contribution in [0.5, 0.6) is 0 Å². The number of aromatic nitrogens is 2. The number of carbonyl (C=O) groups excluding carboxylic acids is 1. The molecule has 0 aliphatic heterocycles. The van der Waals surface area contributed by atoms with Gasteiger partial charge in [-0.15, -0.1) is 0 Å². The quantitative estimate of drug-likeness (QED) is 0.713. The van der Waals surface area contributed by atoms with Gasteiger partial charge in [-0.3, -0.25) is 4.79 Å². The first-order valence-corrected chi connectivity index (χ1v) is 9.41. The zero-order valence-electron chi connectivity index (χ0n) is 16.1. The van der Waals surface area contributed by atoms with E-state index in [2.05, 4.69) is 15.5 Å². The van der Waals surface area contributed by atoms with Gasteiger partial charge in [0.2, 0.25) is 0 Å². The first-order valence-electron chi connectivity index (χ1n) is 9.41. The molecule has 1 aliphatic carbocycles. The summed E-state index contributed by atoms with van der Waals surface area (Å²) in [5, 5.41) is 7.04. The maximum atomic E-state index is 13.8. The summed E-state index contributed by atoms with van der Waals surface area (Å²) in [5.41, 5.74) is 2.88. The van der Waals surface area contributed by atoms with Gasteiger partial charge >= 0.3 is 0 Å². The van der Waals surface area contributed by atoms with Gasteiger partial charge in [-0.25, -0.2) is 4.39 Å². The van der Waals surface area contributed by atoms with Crippen LogP contribution in [0.25, 0.3) is 11.5 Å². The number of nitrogens with zero attached hydrogens (tertiary/aromatic N) is 2. The number of benzene rings is 2. The number of hydrogen-bond acceptors (Lipinski definition) is 4. The SMILES string of the molecule is Cc1ccc(F)cc1C1(c2noc(-c3ccc(C(=O)NC(C)C)cc3)n2)CC1. The summed E-state index contributed by atoms with van der Waals surface area (Å²) >= 11 is 0. The van der Waals surface area contributed by atoms with E-state index in [1.165, 1.54) is 6.07 Å². The Balaban J connectivity index is 1.60. The van der Waals surface area contributed by atoms with Crippen LogP contribution >= 0.6 is 0 Å². The number of nitrogens with one attached hydrogen (secondary N) is 1. The zero-order chi connectivity index (χ0) is 19.9. The van der Waals surface area contributed by atoms with E-state index >= 15 is 0 Å². The Bertz CT molecular complexity index is 1020. The summed E-state index contributed by atoms with van der Waals surface area (Å²) in [7, 11) is 0. The van der Waals surface area contributed by atoms with E-state index in [4.69, 9.17) is 4.52 Å². The smallest absolute Gasteiger partial charge is 0.257 e. The minimum absolute atomic E-state index is 0.0756. The van der Waals surface area contributed by atoms with E-state index in [1.807, 2.05) is 20.8 Å². The molecule has 144 valence electrons. The maximum absolute atomic E-state index is 13.8. The molecule has 1 fully saturated rings. The topological polar surface area (TPSA) is 68.0 Å². The highest BCUT2D eigenvalue weighted by molar-refractivity contribution is 5.94. The highest BCUT2D eigenvalue weighted by atomic mass is 19.1. The second kappa shape index (κ2) is 6.86. The number of rotatable bonds is 5. The third kappa shape index (κ3) is 3.30. The molecule has 0 spiro atoms. The van der Waals surface area contributed by atoms with Crippen LogP contribution in [0.1, 0.15) is 54.0 Å². The molecule has 2 aromatic carbocycles. The molecular formula is C22H22FN3O2. The van der Waals surface area contributed by atoms with Crippen molar-refractivity contribution in [2.75, 3.05) is 0 Å². The van der Waals surface area contributed by atoms with Crippen molar-refractivity contribution in [2.45, 2.75) is 45.1 Å². The van der Waals surface area contributed by atoms with Crippen LogP contribution in [-0.2, 0) is 5.41 Å². The predicted octanol–water partition coefficient (Wildman–Crippen LogP) is 4.40. The second-order valence-corrected chi connectivity index (χ2v) is 7.67. The molecule has 1 amide bonds. The molecule has 4 rings (SSSR count). The van der Waals surface area contributed by atoms with Crippen molar-refractivity contribution >= 4 is 5.91 Å². The lowest BCUT2D eigenvalue weighted by molar-refractivity contribution is 0.0943. The fourth-order valence-corrected chi connectivity index (χ4v) is 3.49. The van der Waals surface area contributed by atoms with E-state index in [1.54, 1.807) is 36.4 Å². The summed E-state index contributed by atoms with van der Waals surface area (Å²) in [4.78, 5) is 16.7. The number of aryl methyl sites for hydroxylation is 1. The van der Waals surface area contributed by atoms with Crippen LogP contribution < -0.4 is 5.32 Å². The fourth-order valence-electron chi connectivity index (χ4n) is 3.49. The van der Waals surface area contributed by atoms with E-state index in [9.17, 15) is 9.18 Å². The maximum Gasteiger partial charge on any atom is 0.257 e. The molecule has 1 aromatic heterocycles. The van der Waals surface area contributed by atoms with Crippen molar-refractivity contribution in [1.82, 2.24) is 15.5 Å². The third-order valence-corrected chi connectivity index (χ3v) is 5.13. The largest absolute Gasteiger partial charge is 0.350 e. The van der Waals surface area contributed by atoms with E-state index in [0.29, 0.717) is 17.3 Å². The molecule has 5 nitrogen and oxygen atoms in total. The Kier molecular flexibility index (Phi) is 4.49. The molecular weight excluding hydrogens is 357 g/mol. The fraction of sp³-hybridized carbons (Fsp3) is 0.318. The van der Waals surface area contributed by atoms with Crippen LogP contribution in [0, 0.1) is 12.7 Å². The van der Waals surface area contributed by atoms with Crippen LogP contribution in [0.3, 0.4) is 0 Å². The molecule has 0 bridgehead atoms. The van der Waals surface area contributed by atoms with E-state index < -0.39 is 0 Å². The van der Waals surface area contributed by atoms with Crippen LogP contribution in [0.2, 0.25) is 0 Å². The van der Waals surface area contributed by atoms with Gasteiger partial charge in [-0.2, -0.15) is 4.98 Å². The lowest BCUT2D eigenvalue weighted by Gasteiger charge is -2.14. The average molecular weight is 379 g/mol. The van der Waals surface area contributed by atoms with Crippen molar-refractivity contribution < 1.29 is 13.7 Å². The van der Waals surface area contributed by atoms with Crippen molar-refractivity contribution in [2.24, 2.45) is 0 Å². The summed E-state index contributed by atoms with van der Waals surface area (Å²) in [5.74, 6) is 0.598. The van der Waals surface area contributed by atoms with Crippen LogP contribution in [0.15, 0.2) is 47.0 Å². The monoisotopic (exact) mass is 379 g/mol. The summed E-state index contributed by atoms with van der Waals surface area (Å²) < 4.78 is 19.3. The molecule has 0 saturated heterocycles. The Hall–Kier alpha value is -3.02. The van der Waals surface area contributed by atoms with Crippen LogP contribution in [-0.4, -0.2) is 22.1 Å². The Morgan fingerprint density at radius 2 is 1.89 bits per heavy atom. The average Bonchev–Trinajstić information content (AvgIpc) is 3.32. The van der Waals surface area contributed by atoms with Gasteiger partial charge in [0.05, 0.1) is 5.41 Å². The first kappa shape index (κ1) is 18.3. The van der Waals surface area contributed by atoms with Gasteiger partial charge in [-0.05, 0) is 81.1 Å². The molecule has 1 saturated carbocycles. The molecule has 1 aliphatic rings. The van der Waals surface area contributed by atoms with Gasteiger partial charge in [0.1, 0.15) is 5.82 Å². The molecule has 0 atom stereocenters. The molecule has 28 heavy (non-hydrogen) atoms. The number of hydrogen-bond donors (Lipinski definition) is 1. The molecule has 1 heterocycles. The van der Waals surface area contributed by atoms with Crippen molar-refractivity contribution in [3.8, 4) is 11.5 Å². The zero-order valence-corrected chi connectivity index (χ0v) is 16.1. The lowest BCUT2D eigenvalue weighted by atomic mass is 9.91. The lowest BCUT2D eigenvalue weighted by Crippen LogP contribution is -2.29. The van der Waals surface area contributed by atoms with E-state index in [-0.39, 0.29) is 23.2 Å². The van der Waals surface area contributed by atoms with Crippen molar-refractivity contribution in [1.29, 1.82) is 0 Å². The van der Waals surface area contributed by atoms with E-state index in [0.717, 1.165) is 29.5 Å². The molecule has 0 radical (unpaired) electrons. The summed E-state index contributed by atoms with van der Waals surface area (Å²) in [6.07, 6.45) is 1.73. The number of halogens is 1. The second-order valence-electron chi connectivity index (χ2n) is 7.67. The third-order valence-electron chi connectivity index (χ3n) is 5.13. The van der Waals surface area contributed by atoms with Crippen molar-refractivity contribution in [3.05, 3.63) is 70.8 Å². The summed E-state index contributed by atoms with van der Waals surface area (Å²) in [6.45, 7) is 5.80. The number of carbonyl (C=O) groups is 1. The Labute approximate surface area is 163 Å². The van der Waals surface area contributed by atoms with Gasteiger partial charge in [0.15, 0.2) is 5.82 Å². The number of amides is 1. The Morgan fingerprint density at radius 3 is 2.54 bits per heavy atom.